The van der Waals surface area contributed by atoms with Gasteiger partial charge < -0.3 is 9.47 Å². The van der Waals surface area contributed by atoms with Gasteiger partial charge in [-0.3, -0.25) is 0 Å². The van der Waals surface area contributed by atoms with E-state index < -0.39 is 0 Å². The lowest BCUT2D eigenvalue weighted by atomic mass is 10.3. The van der Waals surface area contributed by atoms with Crippen LogP contribution in [0.15, 0.2) is 109 Å². The van der Waals surface area contributed by atoms with Crippen LogP contribution in [0, 0.1) is 0 Å². The SMILES string of the molecule is CC.COc1ccccc1[P]c1ccccc1.COc1ccccc1[P]c1ccccc1. The third-order valence-corrected chi connectivity index (χ3v) is 6.52. The highest BCUT2D eigenvalue weighted by Gasteiger charge is 2.03. The van der Waals surface area contributed by atoms with Crippen LogP contribution >= 0.6 is 17.2 Å². The number of benzene rings is 4. The fourth-order valence-corrected chi connectivity index (χ4v) is 4.80. The summed E-state index contributed by atoms with van der Waals surface area (Å²) in [5.74, 6) is 1.89. The van der Waals surface area contributed by atoms with Crippen LogP contribution in [0.25, 0.3) is 0 Å². The van der Waals surface area contributed by atoms with Gasteiger partial charge in [0.1, 0.15) is 11.5 Å². The maximum atomic E-state index is 5.31. The van der Waals surface area contributed by atoms with Crippen LogP contribution < -0.4 is 30.7 Å². The second-order valence-corrected chi connectivity index (χ2v) is 8.68. The van der Waals surface area contributed by atoms with Crippen molar-refractivity contribution in [3.63, 3.8) is 0 Å². The molecule has 0 aliphatic rings. The lowest BCUT2D eigenvalue weighted by Gasteiger charge is -2.06. The molecule has 0 heterocycles. The molecular formula is C28H30O2P2. The van der Waals surface area contributed by atoms with Crippen molar-refractivity contribution in [3.8, 4) is 11.5 Å². The van der Waals surface area contributed by atoms with Gasteiger partial charge in [0.2, 0.25) is 0 Å². The van der Waals surface area contributed by atoms with Crippen molar-refractivity contribution in [2.75, 3.05) is 14.2 Å². The molecule has 4 heteroatoms. The summed E-state index contributed by atoms with van der Waals surface area (Å²) in [6.45, 7) is 4.00. The zero-order chi connectivity index (χ0) is 23.0. The van der Waals surface area contributed by atoms with Gasteiger partial charge >= 0.3 is 0 Å². The average Bonchev–Trinajstić information content (AvgIpc) is 2.88. The van der Waals surface area contributed by atoms with Crippen molar-refractivity contribution in [2.24, 2.45) is 0 Å². The summed E-state index contributed by atoms with van der Waals surface area (Å²) in [4.78, 5) is 0. The lowest BCUT2D eigenvalue weighted by molar-refractivity contribution is 0.418. The van der Waals surface area contributed by atoms with Crippen molar-refractivity contribution < 1.29 is 9.47 Å². The van der Waals surface area contributed by atoms with Crippen molar-refractivity contribution in [1.82, 2.24) is 0 Å². The fourth-order valence-electron chi connectivity index (χ4n) is 2.73. The van der Waals surface area contributed by atoms with E-state index in [-0.39, 0.29) is 0 Å². The monoisotopic (exact) mass is 460 g/mol. The Morgan fingerprint density at radius 3 is 1.09 bits per heavy atom. The normalized spacial score (nSPS) is 10.2. The first-order valence-electron chi connectivity index (χ1n) is 10.6. The Bertz CT molecular complexity index is 937. The highest BCUT2D eigenvalue weighted by Crippen LogP contribution is 2.19. The Morgan fingerprint density at radius 1 is 0.438 bits per heavy atom. The van der Waals surface area contributed by atoms with Crippen LogP contribution in [0.1, 0.15) is 13.8 Å². The molecule has 4 aromatic carbocycles. The first kappa shape index (κ1) is 25.6. The highest BCUT2D eigenvalue weighted by atomic mass is 31.1. The van der Waals surface area contributed by atoms with E-state index in [2.05, 4.69) is 60.7 Å². The van der Waals surface area contributed by atoms with E-state index in [4.69, 9.17) is 9.47 Å². The second-order valence-electron chi connectivity index (χ2n) is 6.24. The molecule has 4 aromatic rings. The standard InChI is InChI=1S/2C13H12OP.C2H6/c2*1-14-12-9-5-6-10-13(12)15-11-7-3-2-4-8-11;1-2/h2*2-10H,1H3;1-2H3. The predicted molar refractivity (Wildman–Crippen MR) is 143 cm³/mol. The summed E-state index contributed by atoms with van der Waals surface area (Å²) in [5, 5.41) is 4.96. The van der Waals surface area contributed by atoms with Crippen molar-refractivity contribution in [2.45, 2.75) is 13.8 Å². The molecule has 0 aromatic heterocycles. The summed E-state index contributed by atoms with van der Waals surface area (Å²) in [5.41, 5.74) is 0. The first-order valence-corrected chi connectivity index (χ1v) is 12.4. The van der Waals surface area contributed by atoms with Gasteiger partial charge in [0, 0.05) is 10.6 Å². The number of hydrogen-bond donors (Lipinski definition) is 0. The Hall–Kier alpha value is -2.66. The maximum Gasteiger partial charge on any atom is 0.127 e. The minimum atomic E-state index is 0.947. The van der Waals surface area contributed by atoms with Crippen LogP contribution in [0.3, 0.4) is 0 Å². The van der Waals surface area contributed by atoms with Gasteiger partial charge in [-0.1, -0.05) is 111 Å². The first-order chi connectivity index (χ1) is 15.8. The number of rotatable bonds is 6. The van der Waals surface area contributed by atoms with Gasteiger partial charge in [0.25, 0.3) is 0 Å². The molecule has 0 atom stereocenters. The van der Waals surface area contributed by atoms with E-state index in [1.54, 1.807) is 14.2 Å². The molecule has 0 unspecified atom stereocenters. The smallest absolute Gasteiger partial charge is 0.127 e. The molecule has 4 rings (SSSR count). The molecule has 0 spiro atoms. The van der Waals surface area contributed by atoms with E-state index in [1.807, 2.05) is 62.4 Å². The molecule has 164 valence electrons. The minimum absolute atomic E-state index is 0.947. The fraction of sp³-hybridized carbons (Fsp3) is 0.143. The van der Waals surface area contributed by atoms with Crippen LogP contribution in [-0.2, 0) is 0 Å². The van der Waals surface area contributed by atoms with Crippen LogP contribution in [0.2, 0.25) is 0 Å². The van der Waals surface area contributed by atoms with E-state index in [0.717, 1.165) is 11.5 Å². The maximum absolute atomic E-state index is 5.31. The summed E-state index contributed by atoms with van der Waals surface area (Å²) >= 11 is 0. The molecule has 0 fully saturated rings. The van der Waals surface area contributed by atoms with Crippen LogP contribution in [-0.4, -0.2) is 14.2 Å². The minimum Gasteiger partial charge on any atom is -0.496 e. The van der Waals surface area contributed by atoms with Crippen LogP contribution in [0.5, 0.6) is 11.5 Å². The van der Waals surface area contributed by atoms with Crippen molar-refractivity contribution in [3.05, 3.63) is 109 Å². The van der Waals surface area contributed by atoms with E-state index >= 15 is 0 Å². The summed E-state index contributed by atoms with van der Waals surface area (Å²) in [6, 6.07) is 37.0. The Labute approximate surface area is 196 Å². The van der Waals surface area contributed by atoms with E-state index in [0.29, 0.717) is 0 Å². The molecule has 0 bridgehead atoms. The topological polar surface area (TPSA) is 18.5 Å². The van der Waals surface area contributed by atoms with E-state index in [1.165, 1.54) is 38.4 Å². The summed E-state index contributed by atoms with van der Waals surface area (Å²) in [7, 11) is 5.79. The van der Waals surface area contributed by atoms with Gasteiger partial charge in [0.05, 0.1) is 14.2 Å². The zero-order valence-corrected chi connectivity index (χ0v) is 20.9. The number of methoxy groups -OCH3 is 2. The Kier molecular flexibility index (Phi) is 12.2. The molecule has 0 aliphatic carbocycles. The highest BCUT2D eigenvalue weighted by molar-refractivity contribution is 7.56. The summed E-state index contributed by atoms with van der Waals surface area (Å²) < 4.78 is 10.6. The molecule has 32 heavy (non-hydrogen) atoms. The molecule has 2 radical (unpaired) electrons. The Morgan fingerprint density at radius 2 is 0.750 bits per heavy atom. The third kappa shape index (κ3) is 8.46. The number of ether oxygens (including phenoxy) is 2. The van der Waals surface area contributed by atoms with Gasteiger partial charge in [0.15, 0.2) is 0 Å². The van der Waals surface area contributed by atoms with Gasteiger partial charge in [-0.2, -0.15) is 0 Å². The second kappa shape index (κ2) is 15.2. The van der Waals surface area contributed by atoms with Gasteiger partial charge in [-0.25, -0.2) is 0 Å². The van der Waals surface area contributed by atoms with Gasteiger partial charge in [-0.05, 0) is 39.9 Å². The van der Waals surface area contributed by atoms with Crippen molar-refractivity contribution in [1.29, 1.82) is 0 Å². The van der Waals surface area contributed by atoms with E-state index in [9.17, 15) is 0 Å². The molecule has 0 amide bonds. The quantitative estimate of drug-likeness (QED) is 0.319. The number of para-hydroxylation sites is 2. The van der Waals surface area contributed by atoms with Crippen LogP contribution in [0.4, 0.5) is 0 Å². The molecule has 0 aliphatic heterocycles. The lowest BCUT2D eigenvalue weighted by Crippen LogP contribution is -2.05. The third-order valence-electron chi connectivity index (χ3n) is 4.18. The zero-order valence-electron chi connectivity index (χ0n) is 19.1. The predicted octanol–water partition coefficient (Wildman–Crippen LogP) is 6.21. The molecule has 2 nitrogen and oxygen atoms in total. The molecule has 0 saturated heterocycles. The molecular weight excluding hydrogens is 430 g/mol. The molecule has 0 saturated carbocycles. The molecule has 0 N–H and O–H groups in total. The Balaban J connectivity index is 0.000000211. The number of hydrogen-bond acceptors (Lipinski definition) is 2. The summed E-state index contributed by atoms with van der Waals surface area (Å²) in [6.07, 6.45) is 0. The van der Waals surface area contributed by atoms with Gasteiger partial charge in [-0.15, -0.1) is 0 Å². The average molecular weight is 460 g/mol. The largest absolute Gasteiger partial charge is 0.496 e. The van der Waals surface area contributed by atoms with Crippen molar-refractivity contribution >= 4 is 38.4 Å².